The second-order valence-electron chi connectivity index (χ2n) is 7.60. The number of benzene rings is 4. The van der Waals surface area contributed by atoms with E-state index in [2.05, 4.69) is 0 Å². The highest BCUT2D eigenvalue weighted by molar-refractivity contribution is 8.99. The molecule has 4 aromatic carbocycles. The van der Waals surface area contributed by atoms with E-state index in [9.17, 15) is 25.3 Å². The van der Waals surface area contributed by atoms with Crippen molar-refractivity contribution >= 4 is 37.0 Å². The fraction of sp³-hybridized carbons (Fsp3) is 0. The van der Waals surface area contributed by atoms with Crippen molar-refractivity contribution in [1.82, 2.24) is 0 Å². The van der Waals surface area contributed by atoms with E-state index in [-0.39, 0.29) is 11.5 Å². The zero-order valence-electron chi connectivity index (χ0n) is 18.9. The van der Waals surface area contributed by atoms with Crippen molar-refractivity contribution in [1.29, 1.82) is 0 Å². The van der Waals surface area contributed by atoms with Crippen molar-refractivity contribution in [3.8, 4) is 23.0 Å². The molecule has 0 aromatic heterocycles. The third-order valence-corrected chi connectivity index (χ3v) is 15.4. The summed E-state index contributed by atoms with van der Waals surface area (Å²) in [6, 6.07) is 21.3. The van der Waals surface area contributed by atoms with Gasteiger partial charge in [-0.3, -0.25) is 0 Å². The first kappa shape index (κ1) is 26.0. The summed E-state index contributed by atoms with van der Waals surface area (Å²) in [5, 5.41) is 0. The number of hydrogen-bond donors (Lipinski definition) is 2. The standard InChI is InChI=1S/C24H20N2O8S3/c25-17-1-5-19(6-2-17)33-21-9-13-23(14-10-21)35(27,28)37(31,32)36(29,30)24-15-11-22(12-16-24)34-20-7-3-18(26)4-8-20/h1-16H,25-26H2. The number of anilines is 2. The Labute approximate surface area is 212 Å². The van der Waals surface area contributed by atoms with Gasteiger partial charge in [0.15, 0.2) is 0 Å². The topological polar surface area (TPSA) is 173 Å². The van der Waals surface area contributed by atoms with Crippen molar-refractivity contribution < 1.29 is 34.7 Å². The molecule has 0 aliphatic carbocycles. The summed E-state index contributed by atoms with van der Waals surface area (Å²) in [6.07, 6.45) is 0. The quantitative estimate of drug-likeness (QED) is 0.237. The summed E-state index contributed by atoms with van der Waals surface area (Å²) in [5.74, 6) is 1.20. The molecule has 192 valence electrons. The molecule has 0 atom stereocenters. The molecular formula is C24H20N2O8S3. The molecule has 0 heterocycles. The Hall–Kier alpha value is -4.07. The molecular weight excluding hydrogens is 540 g/mol. The van der Waals surface area contributed by atoms with Gasteiger partial charge in [-0.05, 0) is 97.1 Å². The maximum atomic E-state index is 12.9. The SMILES string of the molecule is Nc1ccc(Oc2ccc(S(=O)(=O)S(=O)(=O)S(=O)(=O)c3ccc(Oc4ccc(N)cc4)cc3)cc2)cc1. The van der Waals surface area contributed by atoms with Crippen LogP contribution in [0.25, 0.3) is 0 Å². The van der Waals surface area contributed by atoms with E-state index >= 15 is 0 Å². The smallest absolute Gasteiger partial charge is 0.366 e. The Bertz CT molecular complexity index is 1610. The summed E-state index contributed by atoms with van der Waals surface area (Å²) in [6.45, 7) is 0. The average molecular weight is 561 g/mol. The van der Waals surface area contributed by atoms with Gasteiger partial charge in [-0.1, -0.05) is 0 Å². The minimum absolute atomic E-state index is 0.195. The van der Waals surface area contributed by atoms with E-state index in [1.54, 1.807) is 48.5 Å². The maximum absolute atomic E-state index is 12.9. The Balaban J connectivity index is 1.56. The lowest BCUT2D eigenvalue weighted by atomic mass is 10.3. The molecule has 0 amide bonds. The lowest BCUT2D eigenvalue weighted by Crippen LogP contribution is -2.25. The molecule has 0 saturated carbocycles. The van der Waals surface area contributed by atoms with Gasteiger partial charge in [-0.15, -0.1) is 0 Å². The maximum Gasteiger partial charge on any atom is 0.366 e. The summed E-state index contributed by atoms with van der Waals surface area (Å²) >= 11 is 0. The molecule has 0 saturated heterocycles. The number of ether oxygens (including phenoxy) is 2. The summed E-state index contributed by atoms with van der Waals surface area (Å²) in [4.78, 5) is -1.46. The van der Waals surface area contributed by atoms with Crippen molar-refractivity contribution in [2.24, 2.45) is 0 Å². The molecule has 4 aromatic rings. The molecule has 0 aliphatic heterocycles. The Morgan fingerprint density at radius 2 is 0.649 bits per heavy atom. The van der Waals surface area contributed by atoms with Gasteiger partial charge in [-0.2, -0.15) is 8.42 Å². The number of nitrogens with two attached hydrogens (primary N) is 2. The average Bonchev–Trinajstić information content (AvgIpc) is 2.87. The number of nitrogen functional groups attached to an aromatic ring is 2. The minimum atomic E-state index is -5.76. The van der Waals surface area contributed by atoms with Crippen LogP contribution in [0.2, 0.25) is 0 Å². The second kappa shape index (κ2) is 9.76. The van der Waals surface area contributed by atoms with E-state index in [0.29, 0.717) is 22.9 Å². The lowest BCUT2D eigenvalue weighted by Gasteiger charge is -2.10. The van der Waals surface area contributed by atoms with Gasteiger partial charge < -0.3 is 20.9 Å². The van der Waals surface area contributed by atoms with E-state index in [1.807, 2.05) is 0 Å². The van der Waals surface area contributed by atoms with Crippen LogP contribution in [0.15, 0.2) is 107 Å². The fourth-order valence-corrected chi connectivity index (χ4v) is 11.0. The summed E-state index contributed by atoms with van der Waals surface area (Å²) in [5.41, 5.74) is 12.3. The predicted molar refractivity (Wildman–Crippen MR) is 138 cm³/mol. The zero-order valence-corrected chi connectivity index (χ0v) is 21.3. The van der Waals surface area contributed by atoms with Gasteiger partial charge in [0.1, 0.15) is 23.0 Å². The molecule has 13 heteroatoms. The molecule has 0 bridgehead atoms. The summed E-state index contributed by atoms with van der Waals surface area (Å²) < 4.78 is 88.2. The highest BCUT2D eigenvalue weighted by Crippen LogP contribution is 2.31. The van der Waals surface area contributed by atoms with E-state index in [4.69, 9.17) is 20.9 Å². The van der Waals surface area contributed by atoms with E-state index in [1.165, 1.54) is 24.3 Å². The number of rotatable bonds is 8. The zero-order chi connectivity index (χ0) is 26.8. The molecule has 4 N–H and O–H groups in total. The summed E-state index contributed by atoms with van der Waals surface area (Å²) in [7, 11) is -16.4. The molecule has 0 unspecified atom stereocenters. The first-order chi connectivity index (χ1) is 17.4. The van der Waals surface area contributed by atoms with Crippen molar-refractivity contribution in [2.45, 2.75) is 9.79 Å². The van der Waals surface area contributed by atoms with Gasteiger partial charge in [0.25, 0.3) is 17.7 Å². The third kappa shape index (κ3) is 5.23. The van der Waals surface area contributed by atoms with Crippen molar-refractivity contribution in [2.75, 3.05) is 11.5 Å². The van der Waals surface area contributed by atoms with Crippen molar-refractivity contribution in [3.05, 3.63) is 97.1 Å². The molecule has 4 rings (SSSR count). The van der Waals surface area contributed by atoms with Crippen LogP contribution in [0.4, 0.5) is 11.4 Å². The number of hydrogen-bond acceptors (Lipinski definition) is 10. The minimum Gasteiger partial charge on any atom is -0.457 e. The predicted octanol–water partition coefficient (Wildman–Crippen LogP) is 3.93. The van der Waals surface area contributed by atoms with Crippen molar-refractivity contribution in [3.63, 3.8) is 0 Å². The van der Waals surface area contributed by atoms with E-state index in [0.717, 1.165) is 24.3 Å². The van der Waals surface area contributed by atoms with Crippen LogP contribution >= 0.6 is 0 Å². The molecule has 0 spiro atoms. The first-order valence-corrected chi connectivity index (χ1v) is 15.9. The van der Waals surface area contributed by atoms with Gasteiger partial charge in [-0.25, -0.2) is 16.8 Å². The van der Waals surface area contributed by atoms with Crippen LogP contribution in [0, 0.1) is 0 Å². The Kier molecular flexibility index (Phi) is 6.86. The Morgan fingerprint density at radius 1 is 0.405 bits per heavy atom. The molecule has 0 aliphatic rings. The largest absolute Gasteiger partial charge is 0.457 e. The molecule has 37 heavy (non-hydrogen) atoms. The first-order valence-electron chi connectivity index (χ1n) is 10.4. The second-order valence-corrected chi connectivity index (χ2v) is 17.1. The monoisotopic (exact) mass is 560 g/mol. The van der Waals surface area contributed by atoms with Crippen LogP contribution in [0.5, 0.6) is 23.0 Å². The molecule has 0 fully saturated rings. The molecule has 0 radical (unpaired) electrons. The highest BCUT2D eigenvalue weighted by Gasteiger charge is 2.45. The van der Waals surface area contributed by atoms with E-state index < -0.39 is 35.4 Å². The van der Waals surface area contributed by atoms with Crippen LogP contribution in [-0.4, -0.2) is 25.3 Å². The van der Waals surface area contributed by atoms with Gasteiger partial charge >= 0.3 is 7.90 Å². The van der Waals surface area contributed by atoms with Crippen LogP contribution in [0.1, 0.15) is 0 Å². The lowest BCUT2D eigenvalue weighted by molar-refractivity contribution is 0.482. The highest BCUT2D eigenvalue weighted by atomic mass is 33.6. The normalized spacial score (nSPS) is 12.1. The molecule has 10 nitrogen and oxygen atoms in total. The van der Waals surface area contributed by atoms with Gasteiger partial charge in [0.2, 0.25) is 0 Å². The van der Waals surface area contributed by atoms with Crippen LogP contribution in [-0.2, 0) is 25.6 Å². The van der Waals surface area contributed by atoms with Crippen LogP contribution in [0.3, 0.4) is 0 Å². The third-order valence-electron chi connectivity index (χ3n) is 4.99. The van der Waals surface area contributed by atoms with Crippen LogP contribution < -0.4 is 20.9 Å². The van der Waals surface area contributed by atoms with Gasteiger partial charge in [0, 0.05) is 11.4 Å². The fourth-order valence-electron chi connectivity index (χ4n) is 3.05. The Morgan fingerprint density at radius 3 is 0.919 bits per heavy atom. The van der Waals surface area contributed by atoms with Gasteiger partial charge in [0.05, 0.1) is 9.79 Å².